The van der Waals surface area contributed by atoms with Crippen molar-refractivity contribution in [3.8, 4) is 0 Å². The highest BCUT2D eigenvalue weighted by molar-refractivity contribution is 5.67. The van der Waals surface area contributed by atoms with Gasteiger partial charge >= 0.3 is 0 Å². The summed E-state index contributed by atoms with van der Waals surface area (Å²) >= 11 is 0. The molecule has 0 saturated carbocycles. The van der Waals surface area contributed by atoms with Gasteiger partial charge in [-0.15, -0.1) is 0 Å². The van der Waals surface area contributed by atoms with Gasteiger partial charge in [-0.1, -0.05) is 25.1 Å². The van der Waals surface area contributed by atoms with Gasteiger partial charge < -0.3 is 4.74 Å². The van der Waals surface area contributed by atoms with E-state index in [0.29, 0.717) is 0 Å². The van der Waals surface area contributed by atoms with Gasteiger partial charge in [0.1, 0.15) is 0 Å². The first-order valence-electron chi connectivity index (χ1n) is 5.41. The van der Waals surface area contributed by atoms with Crippen LogP contribution in [0, 0.1) is 13.8 Å². The van der Waals surface area contributed by atoms with E-state index in [2.05, 4.69) is 39.0 Å². The Bertz CT molecular complexity index is 375. The van der Waals surface area contributed by atoms with Gasteiger partial charge in [0.15, 0.2) is 0 Å². The second kappa shape index (κ2) is 5.01. The molecule has 0 fully saturated rings. The van der Waals surface area contributed by atoms with Crippen molar-refractivity contribution in [3.63, 3.8) is 0 Å². The summed E-state index contributed by atoms with van der Waals surface area (Å²) in [6, 6.07) is 6.57. The fraction of sp³-hybridized carbons (Fsp3) is 0.429. The summed E-state index contributed by atoms with van der Waals surface area (Å²) in [4.78, 5) is 0. The Labute approximate surface area is 92.8 Å². The number of hydrogen-bond donors (Lipinski definition) is 0. The van der Waals surface area contributed by atoms with Crippen molar-refractivity contribution in [1.29, 1.82) is 0 Å². The Kier molecular flexibility index (Phi) is 3.96. The molecule has 82 valence electrons. The Morgan fingerprint density at radius 2 is 1.87 bits per heavy atom. The van der Waals surface area contributed by atoms with Crippen LogP contribution in [-0.2, 0) is 4.74 Å². The van der Waals surface area contributed by atoms with E-state index >= 15 is 0 Å². The van der Waals surface area contributed by atoms with Crippen molar-refractivity contribution < 1.29 is 4.74 Å². The third-order valence-electron chi connectivity index (χ3n) is 2.94. The summed E-state index contributed by atoms with van der Waals surface area (Å²) in [5.41, 5.74) is 5.24. The molecule has 0 saturated heterocycles. The van der Waals surface area contributed by atoms with Crippen molar-refractivity contribution in [3.05, 3.63) is 40.6 Å². The molecule has 0 aliphatic carbocycles. The molecule has 0 heterocycles. The largest absolute Gasteiger partial charge is 0.501 e. The minimum atomic E-state index is 1.00. The van der Waals surface area contributed by atoms with Crippen molar-refractivity contribution in [1.82, 2.24) is 0 Å². The lowest BCUT2D eigenvalue weighted by Gasteiger charge is -2.11. The van der Waals surface area contributed by atoms with Crippen molar-refractivity contribution >= 4 is 5.57 Å². The number of ether oxygens (including phenoxy) is 1. The minimum absolute atomic E-state index is 1.00. The van der Waals surface area contributed by atoms with E-state index in [1.807, 2.05) is 6.92 Å². The van der Waals surface area contributed by atoms with E-state index in [9.17, 15) is 0 Å². The van der Waals surface area contributed by atoms with E-state index in [-0.39, 0.29) is 0 Å². The van der Waals surface area contributed by atoms with Crippen LogP contribution in [0.5, 0.6) is 0 Å². The normalized spacial score (nSPS) is 12.3. The van der Waals surface area contributed by atoms with E-state index in [1.54, 1.807) is 7.11 Å². The number of hydrogen-bond acceptors (Lipinski definition) is 1. The fourth-order valence-electron chi connectivity index (χ4n) is 1.71. The molecular formula is C14H20O. The highest BCUT2D eigenvalue weighted by Gasteiger charge is 2.05. The Morgan fingerprint density at radius 1 is 1.20 bits per heavy atom. The molecule has 0 amide bonds. The maximum Gasteiger partial charge on any atom is 0.0962 e. The third kappa shape index (κ3) is 2.62. The Morgan fingerprint density at radius 3 is 2.33 bits per heavy atom. The third-order valence-corrected chi connectivity index (χ3v) is 2.94. The quantitative estimate of drug-likeness (QED) is 0.674. The Hall–Kier alpha value is -1.24. The van der Waals surface area contributed by atoms with Crippen LogP contribution in [-0.4, -0.2) is 7.11 Å². The van der Waals surface area contributed by atoms with Crippen molar-refractivity contribution in [2.45, 2.75) is 34.1 Å². The number of benzene rings is 1. The minimum Gasteiger partial charge on any atom is -0.501 e. The summed E-state index contributed by atoms with van der Waals surface area (Å²) in [6.45, 7) is 8.47. The second-order valence-corrected chi connectivity index (χ2v) is 3.89. The fourth-order valence-corrected chi connectivity index (χ4v) is 1.71. The molecule has 1 rings (SSSR count). The number of aryl methyl sites for hydroxylation is 2. The van der Waals surface area contributed by atoms with Crippen LogP contribution in [0.4, 0.5) is 0 Å². The number of methoxy groups -OCH3 is 1. The molecule has 0 unspecified atom stereocenters. The molecule has 0 radical (unpaired) electrons. The number of allylic oxidation sites excluding steroid dienone is 2. The maximum atomic E-state index is 5.31. The van der Waals surface area contributed by atoms with Gasteiger partial charge in [-0.05, 0) is 49.5 Å². The van der Waals surface area contributed by atoms with Gasteiger partial charge in [0.2, 0.25) is 0 Å². The molecule has 0 atom stereocenters. The summed E-state index contributed by atoms with van der Waals surface area (Å²) in [7, 11) is 1.73. The summed E-state index contributed by atoms with van der Waals surface area (Å²) in [6.07, 6.45) is 1.00. The molecule has 15 heavy (non-hydrogen) atoms. The first kappa shape index (κ1) is 11.8. The SMILES string of the molecule is CC/C(=C(/C)OC)c1ccc(C)c(C)c1. The van der Waals surface area contributed by atoms with Gasteiger partial charge in [0.25, 0.3) is 0 Å². The second-order valence-electron chi connectivity index (χ2n) is 3.89. The zero-order valence-electron chi connectivity index (χ0n) is 10.3. The first-order valence-corrected chi connectivity index (χ1v) is 5.41. The van der Waals surface area contributed by atoms with Crippen molar-refractivity contribution in [2.75, 3.05) is 7.11 Å². The zero-order valence-corrected chi connectivity index (χ0v) is 10.3. The molecule has 0 N–H and O–H groups in total. The molecule has 1 aromatic carbocycles. The lowest BCUT2D eigenvalue weighted by atomic mass is 9.98. The van der Waals surface area contributed by atoms with Gasteiger partial charge in [0.05, 0.1) is 12.9 Å². The average molecular weight is 204 g/mol. The molecule has 1 nitrogen and oxygen atoms in total. The highest BCUT2D eigenvalue weighted by atomic mass is 16.5. The number of rotatable bonds is 3. The first-order chi connectivity index (χ1) is 7.10. The predicted octanol–water partition coefficient (Wildman–Crippen LogP) is 4.09. The van der Waals surface area contributed by atoms with Crippen molar-refractivity contribution in [2.24, 2.45) is 0 Å². The summed E-state index contributed by atoms with van der Waals surface area (Å²) < 4.78 is 5.31. The van der Waals surface area contributed by atoms with Gasteiger partial charge in [-0.2, -0.15) is 0 Å². The van der Waals surface area contributed by atoms with E-state index < -0.39 is 0 Å². The lowest BCUT2D eigenvalue weighted by Crippen LogP contribution is -1.92. The molecular weight excluding hydrogens is 184 g/mol. The topological polar surface area (TPSA) is 9.23 Å². The zero-order chi connectivity index (χ0) is 11.4. The average Bonchev–Trinajstić information content (AvgIpc) is 2.24. The Balaban J connectivity index is 3.20. The molecule has 0 aliphatic rings. The van der Waals surface area contributed by atoms with Crippen LogP contribution in [0.3, 0.4) is 0 Å². The summed E-state index contributed by atoms with van der Waals surface area (Å²) in [5, 5.41) is 0. The standard InChI is InChI=1S/C14H20O/c1-6-14(12(4)15-5)13-8-7-10(2)11(3)9-13/h7-9H,6H2,1-5H3/b14-12+. The smallest absolute Gasteiger partial charge is 0.0962 e. The lowest BCUT2D eigenvalue weighted by molar-refractivity contribution is 0.295. The molecule has 0 aromatic heterocycles. The monoisotopic (exact) mass is 204 g/mol. The van der Waals surface area contributed by atoms with Crippen LogP contribution in [0.2, 0.25) is 0 Å². The van der Waals surface area contributed by atoms with Crippen LogP contribution in [0.15, 0.2) is 24.0 Å². The molecule has 0 aliphatic heterocycles. The van der Waals surface area contributed by atoms with E-state index in [0.717, 1.165) is 12.2 Å². The predicted molar refractivity (Wildman–Crippen MR) is 65.8 cm³/mol. The molecule has 0 spiro atoms. The highest BCUT2D eigenvalue weighted by Crippen LogP contribution is 2.24. The molecule has 1 aromatic rings. The van der Waals surface area contributed by atoms with Crippen LogP contribution in [0.25, 0.3) is 5.57 Å². The van der Waals surface area contributed by atoms with Gasteiger partial charge in [0, 0.05) is 0 Å². The summed E-state index contributed by atoms with van der Waals surface area (Å²) in [5.74, 6) is 1.01. The maximum absolute atomic E-state index is 5.31. The molecule has 1 heteroatoms. The molecule has 0 bridgehead atoms. The van der Waals surface area contributed by atoms with Gasteiger partial charge in [-0.3, -0.25) is 0 Å². The van der Waals surface area contributed by atoms with Crippen LogP contribution < -0.4 is 0 Å². The van der Waals surface area contributed by atoms with Gasteiger partial charge in [-0.25, -0.2) is 0 Å². The van der Waals surface area contributed by atoms with Crippen LogP contribution >= 0.6 is 0 Å². The van der Waals surface area contributed by atoms with E-state index in [1.165, 1.54) is 22.3 Å². The van der Waals surface area contributed by atoms with E-state index in [4.69, 9.17) is 4.74 Å². The van der Waals surface area contributed by atoms with Crippen LogP contribution in [0.1, 0.15) is 37.0 Å².